The van der Waals surface area contributed by atoms with Crippen LogP contribution in [0.5, 0.6) is 5.75 Å². The molecular weight excluding hydrogens is 206 g/mol. The summed E-state index contributed by atoms with van der Waals surface area (Å²) in [5, 5.41) is 19.4. The minimum Gasteiger partial charge on any atom is -0.490 e. The Morgan fingerprint density at radius 3 is 2.87 bits per heavy atom. The van der Waals surface area contributed by atoms with Crippen LogP contribution in [0, 0.1) is 10.1 Å². The summed E-state index contributed by atoms with van der Waals surface area (Å²) in [6.45, 7) is -0.713. The van der Waals surface area contributed by atoms with Gasteiger partial charge in [-0.1, -0.05) is 0 Å². The Hall–Kier alpha value is -1.89. The number of hydrogen-bond acceptors (Lipinski definition) is 6. The molecule has 0 saturated heterocycles. The van der Waals surface area contributed by atoms with Crippen molar-refractivity contribution < 1.29 is 19.2 Å². The molecule has 1 rings (SSSR count). The van der Waals surface area contributed by atoms with E-state index >= 15 is 0 Å². The molecule has 1 heterocycles. The Balaban J connectivity index is 2.92. The van der Waals surface area contributed by atoms with Crippen molar-refractivity contribution in [1.82, 2.24) is 0 Å². The minimum absolute atomic E-state index is 0.0212. The van der Waals surface area contributed by atoms with Gasteiger partial charge in [0, 0.05) is 11.0 Å². The number of ether oxygens (including phenoxy) is 1. The first-order chi connectivity index (χ1) is 7.04. The lowest BCUT2D eigenvalue weighted by atomic mass is 10.2. The molecule has 0 bridgehead atoms. The number of hydrogen-bond donors (Lipinski definition) is 1. The molecule has 0 spiro atoms. The molecule has 15 heavy (non-hydrogen) atoms. The Bertz CT molecular complexity index is 412. The van der Waals surface area contributed by atoms with Crippen molar-refractivity contribution in [3.05, 3.63) is 38.4 Å². The molecule has 0 saturated carbocycles. The van der Waals surface area contributed by atoms with Crippen molar-refractivity contribution in [3.63, 3.8) is 0 Å². The van der Waals surface area contributed by atoms with Crippen molar-refractivity contribution in [1.29, 1.82) is 0 Å². The highest BCUT2D eigenvalue weighted by molar-refractivity contribution is 5.18. The van der Waals surface area contributed by atoms with Crippen LogP contribution < -0.4 is 10.2 Å². The van der Waals surface area contributed by atoms with E-state index in [0.717, 1.165) is 12.3 Å². The number of nitrogens with zero attached hydrogens (tertiary/aromatic N) is 1. The van der Waals surface area contributed by atoms with Crippen molar-refractivity contribution in [2.75, 3.05) is 13.7 Å². The molecule has 0 fully saturated rings. The normalized spacial score (nSPS) is 12.1. The second-order valence-corrected chi connectivity index (χ2v) is 2.75. The van der Waals surface area contributed by atoms with Crippen molar-refractivity contribution in [3.8, 4) is 5.75 Å². The van der Waals surface area contributed by atoms with Crippen molar-refractivity contribution in [2.24, 2.45) is 0 Å². The third-order valence-electron chi connectivity index (χ3n) is 1.69. The summed E-state index contributed by atoms with van der Waals surface area (Å²) in [5.74, 6) is -0.176. The van der Waals surface area contributed by atoms with Gasteiger partial charge in [0.1, 0.15) is 12.0 Å². The zero-order valence-corrected chi connectivity index (χ0v) is 7.87. The fourth-order valence-corrected chi connectivity index (χ4v) is 0.969. The zero-order valence-electron chi connectivity index (χ0n) is 7.87. The van der Waals surface area contributed by atoms with Crippen LogP contribution >= 0.6 is 0 Å². The van der Waals surface area contributed by atoms with E-state index in [-0.39, 0.29) is 11.5 Å². The van der Waals surface area contributed by atoms with E-state index in [1.54, 1.807) is 0 Å². The highest BCUT2D eigenvalue weighted by Crippen LogP contribution is 2.13. The quantitative estimate of drug-likeness (QED) is 0.558. The van der Waals surface area contributed by atoms with Crippen LogP contribution in [-0.2, 0) is 0 Å². The van der Waals surface area contributed by atoms with E-state index in [9.17, 15) is 20.0 Å². The summed E-state index contributed by atoms with van der Waals surface area (Å²) < 4.78 is 9.45. The average Bonchev–Trinajstić information content (AvgIpc) is 2.16. The van der Waals surface area contributed by atoms with Gasteiger partial charge in [-0.3, -0.25) is 14.9 Å². The summed E-state index contributed by atoms with van der Waals surface area (Å²) in [5.41, 5.74) is -0.499. The van der Waals surface area contributed by atoms with E-state index < -0.39 is 23.0 Å². The third kappa shape index (κ3) is 2.78. The molecule has 82 valence electrons. The number of methoxy groups -OCH3 is 1. The van der Waals surface area contributed by atoms with Gasteiger partial charge < -0.3 is 14.3 Å². The lowest BCUT2D eigenvalue weighted by Crippen LogP contribution is -2.14. The summed E-state index contributed by atoms with van der Waals surface area (Å²) >= 11 is 0. The van der Waals surface area contributed by atoms with E-state index in [1.807, 2.05) is 0 Å². The average molecular weight is 215 g/mol. The fraction of sp³-hybridized carbons (Fsp3) is 0.375. The molecule has 1 atom stereocenters. The molecule has 1 aromatic rings. The molecule has 7 heteroatoms. The molecule has 1 N–H and O–H groups in total. The summed E-state index contributed by atoms with van der Waals surface area (Å²) in [6, 6.07) is 0.965. The van der Waals surface area contributed by atoms with Gasteiger partial charge >= 0.3 is 0 Å². The number of aliphatic hydroxyl groups is 1. The summed E-state index contributed by atoms with van der Waals surface area (Å²) in [6.07, 6.45) is -0.431. The molecule has 0 aliphatic rings. The zero-order chi connectivity index (χ0) is 11.4. The topological polar surface area (TPSA) is 103 Å². The molecule has 0 aromatic carbocycles. The molecule has 0 unspecified atom stereocenters. The Morgan fingerprint density at radius 1 is 1.73 bits per heavy atom. The lowest BCUT2D eigenvalue weighted by molar-refractivity contribution is -0.492. The molecule has 1 aromatic heterocycles. The second-order valence-electron chi connectivity index (χ2n) is 2.75. The fourth-order valence-electron chi connectivity index (χ4n) is 0.969. The molecule has 0 aliphatic carbocycles. The van der Waals surface area contributed by atoms with Crippen molar-refractivity contribution >= 4 is 0 Å². The minimum atomic E-state index is -1.43. The maximum atomic E-state index is 11.2. The van der Waals surface area contributed by atoms with Gasteiger partial charge in [0.25, 0.3) is 0 Å². The van der Waals surface area contributed by atoms with Gasteiger partial charge in [-0.05, 0) is 0 Å². The van der Waals surface area contributed by atoms with E-state index in [2.05, 4.69) is 4.74 Å². The van der Waals surface area contributed by atoms with Crippen LogP contribution in [0.3, 0.4) is 0 Å². The van der Waals surface area contributed by atoms with Gasteiger partial charge in [0.15, 0.2) is 6.10 Å². The molecule has 0 aliphatic heterocycles. The van der Waals surface area contributed by atoms with Crippen LogP contribution in [0.2, 0.25) is 0 Å². The van der Waals surface area contributed by atoms with Gasteiger partial charge in [-0.25, -0.2) is 0 Å². The Morgan fingerprint density at radius 2 is 2.40 bits per heavy atom. The highest BCUT2D eigenvalue weighted by atomic mass is 16.6. The van der Waals surface area contributed by atoms with Gasteiger partial charge in [0.05, 0.1) is 7.11 Å². The van der Waals surface area contributed by atoms with Gasteiger partial charge in [-0.15, -0.1) is 0 Å². The predicted octanol–water partition coefficient (Wildman–Crippen LogP) is -0.0415. The van der Waals surface area contributed by atoms with E-state index in [4.69, 9.17) is 4.42 Å². The maximum Gasteiger partial charge on any atom is 0.236 e. The van der Waals surface area contributed by atoms with Crippen LogP contribution in [0.1, 0.15) is 11.9 Å². The standard InChI is InChI=1S/C8H9NO6/c1-14-8-4-15-7(2-5(8)10)6(11)3-9(12)13/h2,4,6,11H,3H2,1H3/t6-/m0/s1. The first kappa shape index (κ1) is 11.2. The van der Waals surface area contributed by atoms with Crippen molar-refractivity contribution in [2.45, 2.75) is 6.10 Å². The molecular formula is C8H9NO6. The molecule has 0 amide bonds. The number of nitro groups is 1. The van der Waals surface area contributed by atoms with Gasteiger partial charge in [-0.2, -0.15) is 0 Å². The second kappa shape index (κ2) is 4.56. The smallest absolute Gasteiger partial charge is 0.236 e. The number of aliphatic hydroxyl groups excluding tert-OH is 1. The van der Waals surface area contributed by atoms with Crippen LogP contribution in [0.15, 0.2) is 21.5 Å². The molecule has 7 nitrogen and oxygen atoms in total. The summed E-state index contributed by atoms with van der Waals surface area (Å²) in [7, 11) is 1.29. The third-order valence-corrected chi connectivity index (χ3v) is 1.69. The largest absolute Gasteiger partial charge is 0.490 e. The van der Waals surface area contributed by atoms with Crippen LogP contribution in [0.25, 0.3) is 0 Å². The van der Waals surface area contributed by atoms with Crippen LogP contribution in [0.4, 0.5) is 0 Å². The van der Waals surface area contributed by atoms with E-state index in [0.29, 0.717) is 0 Å². The predicted molar refractivity (Wildman–Crippen MR) is 48.4 cm³/mol. The lowest BCUT2D eigenvalue weighted by Gasteiger charge is -2.05. The first-order valence-corrected chi connectivity index (χ1v) is 4.01. The maximum absolute atomic E-state index is 11.2. The Labute approximate surface area is 84.1 Å². The SMILES string of the molecule is COc1coc([C@@H](O)C[N+](=O)[O-])cc1=O. The Kier molecular flexibility index (Phi) is 3.40. The van der Waals surface area contributed by atoms with Gasteiger partial charge in [0.2, 0.25) is 17.7 Å². The summed E-state index contributed by atoms with van der Waals surface area (Å²) in [4.78, 5) is 20.6. The van der Waals surface area contributed by atoms with E-state index in [1.165, 1.54) is 7.11 Å². The monoisotopic (exact) mass is 215 g/mol. The highest BCUT2D eigenvalue weighted by Gasteiger charge is 2.18. The van der Waals surface area contributed by atoms with Crippen LogP contribution in [-0.4, -0.2) is 23.7 Å². The number of rotatable bonds is 4. The first-order valence-electron chi connectivity index (χ1n) is 4.01. The molecule has 0 radical (unpaired) electrons.